The van der Waals surface area contributed by atoms with Gasteiger partial charge in [-0.1, -0.05) is 6.58 Å². The van der Waals surface area contributed by atoms with Gasteiger partial charge in [0.05, 0.1) is 5.69 Å². The number of aromatic nitrogens is 2. The molecule has 128 valence electrons. The Morgan fingerprint density at radius 1 is 1.22 bits per heavy atom. The molecule has 1 fully saturated rings. The minimum atomic E-state index is -4.60. The van der Waals surface area contributed by atoms with Crippen LogP contribution < -0.4 is 4.74 Å². The van der Waals surface area contributed by atoms with Crippen molar-refractivity contribution in [2.75, 3.05) is 13.1 Å². The van der Waals surface area contributed by atoms with Crippen molar-refractivity contribution in [3.63, 3.8) is 0 Å². The molecule has 0 aliphatic carbocycles. The molecular weight excluding hydrogens is 307 g/mol. The van der Waals surface area contributed by atoms with Gasteiger partial charge in [0, 0.05) is 24.7 Å². The zero-order valence-corrected chi connectivity index (χ0v) is 13.7. The number of rotatable bonds is 3. The lowest BCUT2D eigenvalue weighted by Crippen LogP contribution is -2.48. The van der Waals surface area contributed by atoms with Gasteiger partial charge in [0.2, 0.25) is 11.7 Å². The lowest BCUT2D eigenvalue weighted by atomic mass is 9.99. The normalized spacial score (nSPS) is 18.0. The molecule has 4 nitrogen and oxygen atoms in total. The second-order valence-electron chi connectivity index (χ2n) is 6.63. The van der Waals surface area contributed by atoms with Crippen molar-refractivity contribution in [1.82, 2.24) is 14.9 Å². The molecule has 1 aromatic rings. The summed E-state index contributed by atoms with van der Waals surface area (Å²) >= 11 is 0. The molecule has 0 bridgehead atoms. The summed E-state index contributed by atoms with van der Waals surface area (Å²) in [7, 11) is 0. The maximum Gasteiger partial charge on any atom is 0.451 e. The molecule has 0 N–H and O–H groups in total. The molecule has 1 aromatic heterocycles. The highest BCUT2D eigenvalue weighted by atomic mass is 19.4. The molecule has 0 amide bonds. The first-order valence-corrected chi connectivity index (χ1v) is 7.60. The van der Waals surface area contributed by atoms with Crippen molar-refractivity contribution in [2.24, 2.45) is 0 Å². The van der Waals surface area contributed by atoms with Crippen LogP contribution >= 0.6 is 0 Å². The average molecular weight is 329 g/mol. The maximum absolute atomic E-state index is 12.8. The van der Waals surface area contributed by atoms with Gasteiger partial charge in [-0.2, -0.15) is 18.2 Å². The van der Waals surface area contributed by atoms with E-state index in [2.05, 4.69) is 42.2 Å². The van der Waals surface area contributed by atoms with E-state index in [1.54, 1.807) is 0 Å². The zero-order valence-electron chi connectivity index (χ0n) is 13.7. The fraction of sp³-hybridized carbons (Fsp3) is 0.625. The van der Waals surface area contributed by atoms with Gasteiger partial charge >= 0.3 is 6.18 Å². The fourth-order valence-electron chi connectivity index (χ4n) is 2.55. The van der Waals surface area contributed by atoms with Gasteiger partial charge < -0.3 is 4.74 Å². The number of nitrogens with zero attached hydrogens (tertiary/aromatic N) is 3. The molecule has 0 aromatic carbocycles. The number of alkyl halides is 3. The number of likely N-dealkylation sites (tertiary alicyclic amines) is 1. The van der Waals surface area contributed by atoms with Gasteiger partial charge in [-0.3, -0.25) is 4.90 Å². The summed E-state index contributed by atoms with van der Waals surface area (Å²) in [6.07, 6.45) is -1.97. The number of halogens is 3. The predicted molar refractivity (Wildman–Crippen MR) is 82.1 cm³/mol. The number of piperidine rings is 1. The van der Waals surface area contributed by atoms with Crippen molar-refractivity contribution in [3.05, 3.63) is 24.2 Å². The molecule has 1 saturated heterocycles. The van der Waals surface area contributed by atoms with Gasteiger partial charge in [0.25, 0.3) is 0 Å². The number of ether oxygens (including phenoxy) is 1. The molecule has 1 aliphatic heterocycles. The Labute approximate surface area is 134 Å². The third-order valence-electron chi connectivity index (χ3n) is 3.86. The monoisotopic (exact) mass is 329 g/mol. The van der Waals surface area contributed by atoms with Crippen LogP contribution in [0.2, 0.25) is 0 Å². The highest BCUT2D eigenvalue weighted by Crippen LogP contribution is 2.29. The number of hydrogen-bond donors (Lipinski definition) is 0. The third-order valence-corrected chi connectivity index (χ3v) is 3.86. The maximum atomic E-state index is 12.8. The topological polar surface area (TPSA) is 38.2 Å². The molecule has 7 heteroatoms. The first-order chi connectivity index (χ1) is 10.6. The van der Waals surface area contributed by atoms with E-state index in [4.69, 9.17) is 4.74 Å². The third kappa shape index (κ3) is 4.67. The summed E-state index contributed by atoms with van der Waals surface area (Å²) in [4.78, 5) is 9.25. The van der Waals surface area contributed by atoms with Crippen LogP contribution in [0.3, 0.4) is 0 Å². The van der Waals surface area contributed by atoms with Gasteiger partial charge in [-0.15, -0.1) is 0 Å². The molecule has 0 unspecified atom stereocenters. The summed E-state index contributed by atoms with van der Waals surface area (Å²) < 4.78 is 44.1. The van der Waals surface area contributed by atoms with Crippen LogP contribution in [-0.4, -0.2) is 39.6 Å². The molecule has 2 rings (SSSR count). The predicted octanol–water partition coefficient (Wildman–Crippen LogP) is 3.78. The number of hydrogen-bond acceptors (Lipinski definition) is 4. The minimum absolute atomic E-state index is 0.0450. The van der Waals surface area contributed by atoms with Gasteiger partial charge in [-0.25, -0.2) is 4.98 Å². The lowest BCUT2D eigenvalue weighted by Gasteiger charge is -2.40. The SMILES string of the molecule is C=Cc1cc(OC2CCN(C(C)(C)C)CC2)nc(C(F)(F)F)n1. The average Bonchev–Trinajstić information content (AvgIpc) is 2.45. The first-order valence-electron chi connectivity index (χ1n) is 7.60. The van der Waals surface area contributed by atoms with Crippen LogP contribution in [-0.2, 0) is 6.18 Å². The van der Waals surface area contributed by atoms with Crippen LogP contribution in [0.25, 0.3) is 6.08 Å². The van der Waals surface area contributed by atoms with Crippen LogP contribution in [0.5, 0.6) is 5.88 Å². The second kappa shape index (κ2) is 6.47. The summed E-state index contributed by atoms with van der Waals surface area (Å²) in [5.41, 5.74) is 0.189. The van der Waals surface area contributed by atoms with Crippen LogP contribution in [0.1, 0.15) is 45.1 Å². The molecule has 23 heavy (non-hydrogen) atoms. The van der Waals surface area contributed by atoms with E-state index in [1.807, 2.05) is 0 Å². The van der Waals surface area contributed by atoms with Crippen molar-refractivity contribution < 1.29 is 17.9 Å². The van der Waals surface area contributed by atoms with Crippen LogP contribution in [0.15, 0.2) is 12.6 Å². The van der Waals surface area contributed by atoms with E-state index in [-0.39, 0.29) is 23.2 Å². The second-order valence-corrected chi connectivity index (χ2v) is 6.63. The molecule has 0 radical (unpaired) electrons. The summed E-state index contributed by atoms with van der Waals surface area (Å²) in [6.45, 7) is 11.6. The highest BCUT2D eigenvalue weighted by molar-refractivity contribution is 5.43. The zero-order chi connectivity index (χ0) is 17.3. The summed E-state index contributed by atoms with van der Waals surface area (Å²) in [5, 5.41) is 0. The Balaban J connectivity index is 2.08. The van der Waals surface area contributed by atoms with Crippen molar-refractivity contribution >= 4 is 6.08 Å². The van der Waals surface area contributed by atoms with E-state index in [9.17, 15) is 13.2 Å². The summed E-state index contributed by atoms with van der Waals surface area (Å²) in [5.74, 6) is -1.24. The lowest BCUT2D eigenvalue weighted by molar-refractivity contribution is -0.145. The Kier molecular flexibility index (Phi) is 4.98. The van der Waals surface area contributed by atoms with Gasteiger partial charge in [0.1, 0.15) is 6.10 Å². The molecule has 1 aliphatic rings. The Hall–Kier alpha value is -1.63. The van der Waals surface area contributed by atoms with E-state index >= 15 is 0 Å². The Bertz CT molecular complexity index is 559. The van der Waals surface area contributed by atoms with Gasteiger partial charge in [0.15, 0.2) is 0 Å². The van der Waals surface area contributed by atoms with Gasteiger partial charge in [-0.05, 0) is 39.7 Å². The Morgan fingerprint density at radius 2 is 1.83 bits per heavy atom. The first kappa shape index (κ1) is 17.7. The van der Waals surface area contributed by atoms with E-state index < -0.39 is 12.0 Å². The molecule has 2 heterocycles. The highest BCUT2D eigenvalue weighted by Gasteiger charge is 2.36. The van der Waals surface area contributed by atoms with Crippen LogP contribution in [0.4, 0.5) is 13.2 Å². The molecular formula is C16H22F3N3O. The molecule has 0 saturated carbocycles. The van der Waals surface area contributed by atoms with Crippen molar-refractivity contribution in [2.45, 2.75) is 51.4 Å². The Morgan fingerprint density at radius 3 is 2.30 bits per heavy atom. The molecule has 0 atom stereocenters. The molecule has 0 spiro atoms. The fourth-order valence-corrected chi connectivity index (χ4v) is 2.55. The van der Waals surface area contributed by atoms with E-state index in [0.717, 1.165) is 25.9 Å². The smallest absolute Gasteiger partial charge is 0.451 e. The van der Waals surface area contributed by atoms with E-state index in [1.165, 1.54) is 12.1 Å². The standard InChI is InChI=1S/C16H22F3N3O/c1-5-11-10-13(21-14(20-11)16(17,18)19)23-12-6-8-22(9-7-12)15(2,3)4/h5,10,12H,1,6-9H2,2-4H3. The van der Waals surface area contributed by atoms with Crippen LogP contribution in [0, 0.1) is 0 Å². The van der Waals surface area contributed by atoms with Crippen molar-refractivity contribution in [3.8, 4) is 5.88 Å². The van der Waals surface area contributed by atoms with E-state index in [0.29, 0.717) is 0 Å². The largest absolute Gasteiger partial charge is 0.474 e. The quantitative estimate of drug-likeness (QED) is 0.846. The summed E-state index contributed by atoms with van der Waals surface area (Å²) in [6, 6.07) is 1.39. The minimum Gasteiger partial charge on any atom is -0.474 e. The van der Waals surface area contributed by atoms with Crippen molar-refractivity contribution in [1.29, 1.82) is 0 Å².